The van der Waals surface area contributed by atoms with Gasteiger partial charge in [0.2, 0.25) is 0 Å². The molecule has 1 aromatic carbocycles. The zero-order chi connectivity index (χ0) is 29.2. The summed E-state index contributed by atoms with van der Waals surface area (Å²) >= 11 is 5.42. The number of H-pyrrole nitrogens is 1. The van der Waals surface area contributed by atoms with Crippen molar-refractivity contribution in [2.24, 2.45) is 0 Å². The second-order valence-corrected chi connectivity index (χ2v) is 13.2. The van der Waals surface area contributed by atoms with Crippen molar-refractivity contribution in [3.63, 3.8) is 0 Å². The Hall–Kier alpha value is -3.94. The molecule has 6 rings (SSSR count). The number of imidazole rings is 1. The maximum atomic E-state index is 14.1. The zero-order valence-electron chi connectivity index (χ0n) is 23.2. The number of hydrogen-bond acceptors (Lipinski definition) is 9. The van der Waals surface area contributed by atoms with Crippen molar-refractivity contribution in [1.29, 1.82) is 0 Å². The van der Waals surface area contributed by atoms with Crippen molar-refractivity contribution in [1.82, 2.24) is 30.2 Å². The van der Waals surface area contributed by atoms with Gasteiger partial charge in [0, 0.05) is 48.6 Å². The highest BCUT2D eigenvalue weighted by atomic mass is 32.2. The van der Waals surface area contributed by atoms with Crippen molar-refractivity contribution in [3.05, 3.63) is 78.8 Å². The largest absolute Gasteiger partial charge is 0.377 e. The minimum atomic E-state index is -3.73. The highest BCUT2D eigenvalue weighted by molar-refractivity contribution is 7.92. The molecule has 1 saturated carbocycles. The monoisotopic (exact) mass is 604 g/mol. The van der Waals surface area contributed by atoms with Gasteiger partial charge < -0.3 is 25.3 Å². The predicted molar refractivity (Wildman–Crippen MR) is 164 cm³/mol. The van der Waals surface area contributed by atoms with Crippen LogP contribution in [0.4, 0.5) is 11.5 Å². The van der Waals surface area contributed by atoms with Gasteiger partial charge in [0.25, 0.3) is 0 Å². The summed E-state index contributed by atoms with van der Waals surface area (Å²) < 4.78 is 32.7. The van der Waals surface area contributed by atoms with E-state index in [0.29, 0.717) is 61.6 Å². The summed E-state index contributed by atoms with van der Waals surface area (Å²) in [5, 5.41) is 6.76. The number of morpholine rings is 1. The number of benzene rings is 1. The standard InChI is InChI=1S/C29H32N8O3S2/c1-20-19-40-16-15-37(20)26-17-24(29(9-2-10-29)42(38,39)23-7-11-30-12-8-23)35-27(36-26)21-3-5-22(6-4-21)34-28(41)33-18-25-31-13-14-32-25/h3-8,11-14,17,20H,2,9-10,15-16,18-19H2,1H3,(H,31,32)(H2,33,34,41)/t20-/m0/s1. The Bertz CT molecular complexity index is 1640. The molecule has 4 aromatic rings. The molecule has 1 saturated heterocycles. The molecule has 1 aliphatic carbocycles. The second kappa shape index (κ2) is 11.7. The first-order valence-electron chi connectivity index (χ1n) is 13.9. The summed E-state index contributed by atoms with van der Waals surface area (Å²) in [4.78, 5) is 23.5. The Morgan fingerprint density at radius 1 is 1.14 bits per heavy atom. The molecule has 1 aliphatic heterocycles. The first-order valence-corrected chi connectivity index (χ1v) is 15.8. The first kappa shape index (κ1) is 28.2. The maximum Gasteiger partial charge on any atom is 0.189 e. The molecule has 1 atom stereocenters. The second-order valence-electron chi connectivity index (χ2n) is 10.5. The van der Waals surface area contributed by atoms with E-state index in [-0.39, 0.29) is 10.9 Å². The number of aromatic amines is 1. The van der Waals surface area contributed by atoms with Gasteiger partial charge in [-0.3, -0.25) is 4.98 Å². The van der Waals surface area contributed by atoms with Gasteiger partial charge in [-0.15, -0.1) is 0 Å². The van der Waals surface area contributed by atoms with Crippen LogP contribution in [0.25, 0.3) is 11.4 Å². The number of nitrogens with zero attached hydrogens (tertiary/aromatic N) is 5. The SMILES string of the molecule is C[C@H]1COCCN1c1cc(C2(S(=O)(=O)c3ccncc3)CCC2)nc(-c2ccc(NC(=S)NCc3ncc[nH]3)cc2)n1. The third-order valence-electron chi connectivity index (χ3n) is 7.85. The fourth-order valence-electron chi connectivity index (χ4n) is 5.35. The molecule has 3 N–H and O–H groups in total. The molecule has 0 spiro atoms. The van der Waals surface area contributed by atoms with E-state index in [1.54, 1.807) is 24.5 Å². The number of nitrogens with one attached hydrogen (secondary N) is 3. The number of rotatable bonds is 8. The van der Waals surface area contributed by atoms with Crippen molar-refractivity contribution in [2.75, 3.05) is 30.0 Å². The molecule has 2 fully saturated rings. The summed E-state index contributed by atoms with van der Waals surface area (Å²) in [5.74, 6) is 1.96. The van der Waals surface area contributed by atoms with Crippen LogP contribution in [0.15, 0.2) is 72.1 Å². The average molecular weight is 605 g/mol. The van der Waals surface area contributed by atoms with E-state index in [1.165, 1.54) is 12.4 Å². The molecule has 3 aromatic heterocycles. The van der Waals surface area contributed by atoms with Crippen LogP contribution in [0.3, 0.4) is 0 Å². The van der Waals surface area contributed by atoms with E-state index >= 15 is 0 Å². The summed E-state index contributed by atoms with van der Waals surface area (Å²) in [5.41, 5.74) is 2.09. The Balaban J connectivity index is 1.33. The average Bonchev–Trinajstić information content (AvgIpc) is 3.50. The number of aromatic nitrogens is 5. The third-order valence-corrected chi connectivity index (χ3v) is 10.6. The normalized spacial score (nSPS) is 18.2. The summed E-state index contributed by atoms with van der Waals surface area (Å²) in [7, 11) is -3.73. The van der Waals surface area contributed by atoms with E-state index in [2.05, 4.69) is 37.4 Å². The van der Waals surface area contributed by atoms with Gasteiger partial charge >= 0.3 is 0 Å². The van der Waals surface area contributed by atoms with Crippen LogP contribution in [0.1, 0.15) is 37.7 Å². The van der Waals surface area contributed by atoms with E-state index in [9.17, 15) is 8.42 Å². The van der Waals surface area contributed by atoms with Gasteiger partial charge in [-0.1, -0.05) is 0 Å². The lowest BCUT2D eigenvalue weighted by Crippen LogP contribution is -2.46. The quantitative estimate of drug-likeness (QED) is 0.253. The van der Waals surface area contributed by atoms with Gasteiger partial charge in [-0.05, 0) is 74.8 Å². The highest BCUT2D eigenvalue weighted by Crippen LogP contribution is 2.51. The van der Waals surface area contributed by atoms with E-state index in [4.69, 9.17) is 26.9 Å². The molecular formula is C29H32N8O3S2. The molecule has 2 aliphatic rings. The Morgan fingerprint density at radius 2 is 1.93 bits per heavy atom. The van der Waals surface area contributed by atoms with Crippen molar-refractivity contribution >= 4 is 38.7 Å². The van der Waals surface area contributed by atoms with Gasteiger partial charge in [-0.25, -0.2) is 23.4 Å². The van der Waals surface area contributed by atoms with Crippen LogP contribution >= 0.6 is 12.2 Å². The molecule has 13 heteroatoms. The Labute approximate surface area is 250 Å². The van der Waals surface area contributed by atoms with Crippen LogP contribution in [0.2, 0.25) is 0 Å². The third kappa shape index (κ3) is 5.46. The van der Waals surface area contributed by atoms with Crippen LogP contribution in [0, 0.1) is 0 Å². The molecule has 0 bridgehead atoms. The first-order chi connectivity index (χ1) is 20.4. The maximum absolute atomic E-state index is 14.1. The topological polar surface area (TPSA) is 138 Å². The molecule has 218 valence electrons. The number of ether oxygens (including phenoxy) is 1. The Morgan fingerprint density at radius 3 is 2.60 bits per heavy atom. The van der Waals surface area contributed by atoms with Gasteiger partial charge in [0.1, 0.15) is 16.4 Å². The van der Waals surface area contributed by atoms with E-state index in [1.807, 2.05) is 30.3 Å². The number of thiocarbonyl (C=S) groups is 1. The minimum Gasteiger partial charge on any atom is -0.377 e. The number of hydrogen-bond donors (Lipinski definition) is 3. The van der Waals surface area contributed by atoms with Crippen LogP contribution in [-0.2, 0) is 25.9 Å². The molecule has 4 heterocycles. The lowest BCUT2D eigenvalue weighted by molar-refractivity contribution is 0.0985. The minimum absolute atomic E-state index is 0.0877. The zero-order valence-corrected chi connectivity index (χ0v) is 24.8. The summed E-state index contributed by atoms with van der Waals surface area (Å²) in [6.45, 7) is 4.37. The molecule has 11 nitrogen and oxygen atoms in total. The fourth-order valence-corrected chi connectivity index (χ4v) is 7.68. The van der Waals surface area contributed by atoms with Crippen molar-refractivity contribution in [3.8, 4) is 11.4 Å². The predicted octanol–water partition coefficient (Wildman–Crippen LogP) is 3.83. The summed E-state index contributed by atoms with van der Waals surface area (Å²) in [6, 6.07) is 12.7. The van der Waals surface area contributed by atoms with Gasteiger partial charge in [-0.2, -0.15) is 0 Å². The molecular weight excluding hydrogens is 573 g/mol. The van der Waals surface area contributed by atoms with E-state index in [0.717, 1.165) is 23.5 Å². The number of sulfone groups is 1. The van der Waals surface area contributed by atoms with Crippen LogP contribution in [-0.4, -0.2) is 64.3 Å². The van der Waals surface area contributed by atoms with E-state index < -0.39 is 14.6 Å². The van der Waals surface area contributed by atoms with Crippen LogP contribution in [0.5, 0.6) is 0 Å². The molecule has 0 amide bonds. The van der Waals surface area contributed by atoms with Gasteiger partial charge in [0.05, 0.1) is 36.4 Å². The fraction of sp³-hybridized carbons (Fsp3) is 0.345. The molecule has 0 radical (unpaired) electrons. The molecule has 42 heavy (non-hydrogen) atoms. The summed E-state index contributed by atoms with van der Waals surface area (Å²) in [6.07, 6.45) is 8.28. The van der Waals surface area contributed by atoms with Crippen molar-refractivity contribution < 1.29 is 13.2 Å². The highest BCUT2D eigenvalue weighted by Gasteiger charge is 2.52. The Kier molecular flexibility index (Phi) is 7.88. The lowest BCUT2D eigenvalue weighted by Gasteiger charge is -2.41. The van der Waals surface area contributed by atoms with Gasteiger partial charge in [0.15, 0.2) is 20.8 Å². The molecule has 0 unspecified atom stereocenters. The number of pyridine rings is 1. The lowest BCUT2D eigenvalue weighted by atomic mass is 9.81. The van der Waals surface area contributed by atoms with Crippen LogP contribution < -0.4 is 15.5 Å². The number of anilines is 2. The smallest absolute Gasteiger partial charge is 0.189 e. The van der Waals surface area contributed by atoms with Crippen molar-refractivity contribution in [2.45, 2.75) is 48.4 Å².